The Morgan fingerprint density at radius 2 is 2.29 bits per heavy atom. The highest BCUT2D eigenvalue weighted by Gasteiger charge is 2.14. The number of hydrogen-bond donors (Lipinski definition) is 0. The van der Waals surface area contributed by atoms with Crippen LogP contribution in [0, 0.1) is 15.0 Å². The van der Waals surface area contributed by atoms with Gasteiger partial charge in [-0.1, -0.05) is 11.6 Å². The molecule has 2 nitrogen and oxygen atoms in total. The fourth-order valence-corrected chi connectivity index (χ4v) is 2.06. The summed E-state index contributed by atoms with van der Waals surface area (Å²) in [7, 11) is 0. The fraction of sp³-hybridized carbons (Fsp3) is 0.250. The van der Waals surface area contributed by atoms with Gasteiger partial charge in [0, 0.05) is 10.6 Å². The van der Waals surface area contributed by atoms with E-state index in [1.807, 2.05) is 6.07 Å². The highest BCUT2D eigenvalue weighted by atomic mass is 127. The molecule has 0 radical (unpaired) electrons. The van der Waals surface area contributed by atoms with Crippen LogP contribution in [0.15, 0.2) is 6.07 Å². The fourth-order valence-electron chi connectivity index (χ4n) is 0.877. The van der Waals surface area contributed by atoms with Gasteiger partial charge in [0.1, 0.15) is 9.39 Å². The van der Waals surface area contributed by atoms with Gasteiger partial charge in [-0.2, -0.15) is 5.26 Å². The van der Waals surface area contributed by atoms with E-state index >= 15 is 0 Å². The summed E-state index contributed by atoms with van der Waals surface area (Å²) in [6.07, 6.45) is -2.56. The Balaban J connectivity index is 3.19. The molecule has 1 rings (SSSR count). The van der Waals surface area contributed by atoms with Gasteiger partial charge in [0.15, 0.2) is 0 Å². The maximum atomic E-state index is 12.3. The van der Waals surface area contributed by atoms with E-state index in [-0.39, 0.29) is 17.1 Å². The molecule has 0 saturated carbocycles. The van der Waals surface area contributed by atoms with Crippen molar-refractivity contribution < 1.29 is 8.78 Å². The van der Waals surface area contributed by atoms with E-state index < -0.39 is 6.43 Å². The Bertz CT molecular complexity index is 366. The van der Waals surface area contributed by atoms with Crippen LogP contribution < -0.4 is 0 Å². The first-order chi connectivity index (χ1) is 6.56. The lowest BCUT2D eigenvalue weighted by Crippen LogP contribution is -1.98. The summed E-state index contributed by atoms with van der Waals surface area (Å²) in [5.41, 5.74) is 0.139. The second-order valence-corrected chi connectivity index (χ2v) is 3.86. The Kier molecular flexibility index (Phi) is 4.01. The number of hydrogen-bond acceptors (Lipinski definition) is 2. The monoisotopic (exact) mass is 328 g/mol. The molecular weight excluding hydrogens is 324 g/mol. The van der Waals surface area contributed by atoms with Crippen molar-refractivity contribution in [3.05, 3.63) is 26.0 Å². The molecule has 0 bridgehead atoms. The Labute approximate surface area is 98.0 Å². The van der Waals surface area contributed by atoms with E-state index in [0.717, 1.165) is 6.07 Å². The minimum atomic E-state index is -2.64. The molecule has 0 saturated heterocycles. The van der Waals surface area contributed by atoms with Crippen molar-refractivity contribution >= 4 is 34.2 Å². The highest BCUT2D eigenvalue weighted by Crippen LogP contribution is 2.26. The Hall–Kier alpha value is -0.480. The first kappa shape index (κ1) is 11.6. The van der Waals surface area contributed by atoms with E-state index in [4.69, 9.17) is 16.9 Å². The number of halogens is 4. The van der Waals surface area contributed by atoms with Crippen molar-refractivity contribution in [2.24, 2.45) is 0 Å². The first-order valence-corrected chi connectivity index (χ1v) is 5.02. The largest absolute Gasteiger partial charge is 0.280 e. The predicted octanol–water partition coefficient (Wildman–Crippen LogP) is 3.34. The predicted molar refractivity (Wildman–Crippen MR) is 56.2 cm³/mol. The molecule has 1 heterocycles. The second kappa shape index (κ2) is 4.84. The summed E-state index contributed by atoms with van der Waals surface area (Å²) in [5, 5.41) is 8.63. The van der Waals surface area contributed by atoms with Crippen LogP contribution in [0.25, 0.3) is 0 Å². The second-order valence-electron chi connectivity index (χ2n) is 2.43. The molecule has 1 aromatic rings. The lowest BCUT2D eigenvalue weighted by atomic mass is 10.2. The topological polar surface area (TPSA) is 36.7 Å². The van der Waals surface area contributed by atoms with E-state index in [2.05, 4.69) is 4.98 Å². The summed E-state index contributed by atoms with van der Waals surface area (Å²) >= 11 is 7.52. The van der Waals surface area contributed by atoms with Crippen molar-refractivity contribution in [1.29, 1.82) is 5.26 Å². The molecule has 0 unspecified atom stereocenters. The third-order valence-corrected chi connectivity index (χ3v) is 2.75. The van der Waals surface area contributed by atoms with E-state index in [0.29, 0.717) is 9.26 Å². The van der Waals surface area contributed by atoms with Gasteiger partial charge >= 0.3 is 0 Å². The van der Waals surface area contributed by atoms with Crippen LogP contribution in [0.4, 0.5) is 8.78 Å². The van der Waals surface area contributed by atoms with Gasteiger partial charge in [0.05, 0.1) is 12.5 Å². The molecule has 0 amide bonds. The number of nitriles is 1. The first-order valence-electron chi connectivity index (χ1n) is 3.56. The Morgan fingerprint density at radius 1 is 1.64 bits per heavy atom. The van der Waals surface area contributed by atoms with Crippen molar-refractivity contribution in [2.75, 3.05) is 0 Å². The SMILES string of the molecule is N#CCc1c(Cl)cc(C(F)F)nc1I. The van der Waals surface area contributed by atoms with Crippen LogP contribution in [0.3, 0.4) is 0 Å². The Morgan fingerprint density at radius 3 is 2.71 bits per heavy atom. The molecule has 0 fully saturated rings. The van der Waals surface area contributed by atoms with E-state index in [1.165, 1.54) is 0 Å². The number of nitrogens with zero attached hydrogens (tertiary/aromatic N) is 2. The molecule has 0 aliphatic rings. The molecule has 0 aliphatic carbocycles. The molecule has 74 valence electrons. The van der Waals surface area contributed by atoms with Gasteiger partial charge in [0.25, 0.3) is 6.43 Å². The minimum absolute atomic E-state index is 0.0770. The van der Waals surface area contributed by atoms with Crippen molar-refractivity contribution in [2.45, 2.75) is 12.8 Å². The molecule has 0 aliphatic heterocycles. The molecular formula is C8H4ClF2IN2. The molecule has 0 atom stereocenters. The summed E-state index contributed by atoms with van der Waals surface area (Å²) in [6.45, 7) is 0. The molecule has 14 heavy (non-hydrogen) atoms. The number of alkyl halides is 2. The van der Waals surface area contributed by atoms with Gasteiger partial charge in [-0.3, -0.25) is 0 Å². The standard InChI is InChI=1S/C8H4ClF2IN2/c9-5-3-6(7(10)11)14-8(12)4(5)1-2-13/h3,7H,1H2. The average molecular weight is 328 g/mol. The number of pyridine rings is 1. The zero-order chi connectivity index (χ0) is 10.7. The van der Waals surface area contributed by atoms with E-state index in [1.54, 1.807) is 22.6 Å². The number of aromatic nitrogens is 1. The smallest absolute Gasteiger partial charge is 0.240 e. The molecule has 0 aromatic carbocycles. The van der Waals surface area contributed by atoms with Crippen LogP contribution >= 0.6 is 34.2 Å². The minimum Gasteiger partial charge on any atom is -0.240 e. The normalized spacial score (nSPS) is 10.3. The summed E-state index contributed by atoms with van der Waals surface area (Å²) in [6, 6.07) is 3.00. The van der Waals surface area contributed by atoms with Gasteiger partial charge in [0.2, 0.25) is 0 Å². The lowest BCUT2D eigenvalue weighted by Gasteiger charge is -2.05. The van der Waals surface area contributed by atoms with Gasteiger partial charge in [-0.15, -0.1) is 0 Å². The summed E-state index contributed by atoms with van der Waals surface area (Å²) in [4.78, 5) is 3.65. The zero-order valence-electron chi connectivity index (χ0n) is 6.77. The van der Waals surface area contributed by atoms with Crippen molar-refractivity contribution in [3.8, 4) is 6.07 Å². The maximum Gasteiger partial charge on any atom is 0.280 e. The van der Waals surface area contributed by atoms with E-state index in [9.17, 15) is 8.78 Å². The van der Waals surface area contributed by atoms with Crippen molar-refractivity contribution in [1.82, 2.24) is 4.98 Å². The summed E-state index contributed by atoms with van der Waals surface area (Å²) < 4.78 is 24.9. The number of rotatable bonds is 2. The third kappa shape index (κ3) is 2.51. The van der Waals surface area contributed by atoms with Gasteiger partial charge in [-0.25, -0.2) is 13.8 Å². The average Bonchev–Trinajstić information content (AvgIpc) is 2.10. The van der Waals surface area contributed by atoms with Crippen LogP contribution in [-0.2, 0) is 6.42 Å². The molecule has 1 aromatic heterocycles. The quantitative estimate of drug-likeness (QED) is 0.617. The summed E-state index contributed by atoms with van der Waals surface area (Å²) in [5.74, 6) is 0. The van der Waals surface area contributed by atoms with Gasteiger partial charge < -0.3 is 0 Å². The van der Waals surface area contributed by atoms with Crippen LogP contribution in [-0.4, -0.2) is 4.98 Å². The lowest BCUT2D eigenvalue weighted by molar-refractivity contribution is 0.146. The van der Waals surface area contributed by atoms with Crippen molar-refractivity contribution in [3.63, 3.8) is 0 Å². The van der Waals surface area contributed by atoms with Gasteiger partial charge in [-0.05, 0) is 28.7 Å². The molecule has 0 spiro atoms. The highest BCUT2D eigenvalue weighted by molar-refractivity contribution is 14.1. The van der Waals surface area contributed by atoms with Crippen LogP contribution in [0.5, 0.6) is 0 Å². The zero-order valence-corrected chi connectivity index (χ0v) is 9.68. The maximum absolute atomic E-state index is 12.3. The van der Waals surface area contributed by atoms with Crippen LogP contribution in [0.1, 0.15) is 17.7 Å². The van der Waals surface area contributed by atoms with Crippen LogP contribution in [0.2, 0.25) is 5.02 Å². The third-order valence-electron chi connectivity index (χ3n) is 1.52. The molecule has 0 N–H and O–H groups in total. The molecule has 6 heteroatoms.